The van der Waals surface area contributed by atoms with E-state index in [9.17, 15) is 0 Å². The standard InChI is InChI=1S/C13H17NOS2/c1-15-11-5-6-13-12(7-11)10(9-16-2)8-14(13)17(3)4/h5-8H,3,9H2,1-2,4H3. The third-order valence-electron chi connectivity index (χ3n) is 2.70. The summed E-state index contributed by atoms with van der Waals surface area (Å²) in [6, 6.07) is 6.24. The number of aromatic nitrogens is 1. The summed E-state index contributed by atoms with van der Waals surface area (Å²) in [5.74, 6) is 1.94. The Balaban J connectivity index is 2.63. The lowest BCUT2D eigenvalue weighted by molar-refractivity contribution is 0.415. The van der Waals surface area contributed by atoms with Gasteiger partial charge in [0.15, 0.2) is 0 Å². The van der Waals surface area contributed by atoms with Crippen LogP contribution in [0.15, 0.2) is 24.4 Å². The van der Waals surface area contributed by atoms with E-state index in [1.165, 1.54) is 16.5 Å². The number of benzene rings is 1. The van der Waals surface area contributed by atoms with Crippen molar-refractivity contribution < 1.29 is 4.74 Å². The van der Waals surface area contributed by atoms with E-state index >= 15 is 0 Å². The molecular formula is C13H17NOS2. The highest BCUT2D eigenvalue weighted by atomic mass is 32.2. The summed E-state index contributed by atoms with van der Waals surface area (Å²) >= 11 is 1.81. The van der Waals surface area contributed by atoms with Crippen LogP contribution in [-0.4, -0.2) is 23.6 Å². The lowest BCUT2D eigenvalue weighted by atomic mass is 10.2. The van der Waals surface area contributed by atoms with Crippen molar-refractivity contribution in [3.63, 3.8) is 0 Å². The maximum Gasteiger partial charge on any atom is 0.119 e. The summed E-state index contributed by atoms with van der Waals surface area (Å²) in [5.41, 5.74) is 2.60. The zero-order valence-electron chi connectivity index (χ0n) is 10.4. The van der Waals surface area contributed by atoms with Gasteiger partial charge in [-0.3, -0.25) is 0 Å². The molecule has 0 aliphatic rings. The number of rotatable bonds is 4. The summed E-state index contributed by atoms with van der Waals surface area (Å²) in [7, 11) is 1.71. The summed E-state index contributed by atoms with van der Waals surface area (Å²) in [6.07, 6.45) is 10.6. The third-order valence-corrected chi connectivity index (χ3v) is 4.27. The van der Waals surface area contributed by atoms with E-state index in [1.54, 1.807) is 7.11 Å². The van der Waals surface area contributed by atoms with Gasteiger partial charge in [-0.25, -0.2) is 3.97 Å². The summed E-state index contributed by atoms with van der Waals surface area (Å²) in [5, 5.41) is 1.28. The lowest BCUT2D eigenvalue weighted by Crippen LogP contribution is -2.04. The predicted molar refractivity (Wildman–Crippen MR) is 79.8 cm³/mol. The van der Waals surface area contributed by atoms with Crippen molar-refractivity contribution in [1.82, 2.24) is 3.97 Å². The molecule has 17 heavy (non-hydrogen) atoms. The Morgan fingerprint density at radius 2 is 2.24 bits per heavy atom. The first-order valence-corrected chi connectivity index (χ1v) is 8.45. The molecule has 1 heterocycles. The molecule has 0 radical (unpaired) electrons. The molecule has 4 heteroatoms. The maximum absolute atomic E-state index is 5.30. The van der Waals surface area contributed by atoms with Crippen LogP contribution in [0.3, 0.4) is 0 Å². The fourth-order valence-electron chi connectivity index (χ4n) is 1.90. The molecule has 92 valence electrons. The first-order chi connectivity index (χ1) is 8.17. The van der Waals surface area contributed by atoms with Crippen LogP contribution >= 0.6 is 11.8 Å². The van der Waals surface area contributed by atoms with Crippen LogP contribution in [0.5, 0.6) is 5.75 Å². The van der Waals surface area contributed by atoms with E-state index in [1.807, 2.05) is 17.8 Å². The van der Waals surface area contributed by atoms with Crippen LogP contribution in [0.25, 0.3) is 10.9 Å². The third kappa shape index (κ3) is 2.43. The SMILES string of the molecule is [CH2-][S+](C)n1cc(CSC)c2cc(OC)ccc21. The van der Waals surface area contributed by atoms with Crippen LogP contribution in [0.1, 0.15) is 5.56 Å². The van der Waals surface area contributed by atoms with E-state index in [2.05, 4.69) is 41.1 Å². The van der Waals surface area contributed by atoms with Gasteiger partial charge in [-0.15, -0.1) is 0 Å². The average molecular weight is 267 g/mol. The Labute approximate surface area is 110 Å². The van der Waals surface area contributed by atoms with E-state index < -0.39 is 0 Å². The van der Waals surface area contributed by atoms with E-state index in [0.29, 0.717) is 0 Å². The number of ether oxygens (including phenoxy) is 1. The molecule has 0 saturated carbocycles. The number of hydrogen-bond acceptors (Lipinski definition) is 2. The van der Waals surface area contributed by atoms with E-state index in [4.69, 9.17) is 4.74 Å². The van der Waals surface area contributed by atoms with Crippen molar-refractivity contribution >= 4 is 33.7 Å². The topological polar surface area (TPSA) is 14.2 Å². The molecular weight excluding hydrogens is 250 g/mol. The Bertz CT molecular complexity index is 519. The summed E-state index contributed by atoms with van der Waals surface area (Å²) in [6.45, 7) is 0. The zero-order valence-corrected chi connectivity index (χ0v) is 12.0. The Hall–Kier alpha value is -0.740. The molecule has 0 saturated heterocycles. The molecule has 1 atom stereocenters. The highest BCUT2D eigenvalue weighted by Gasteiger charge is 2.13. The summed E-state index contributed by atoms with van der Waals surface area (Å²) in [4.78, 5) is 0. The van der Waals surface area contributed by atoms with Crippen LogP contribution < -0.4 is 4.74 Å². The molecule has 2 aromatic rings. The van der Waals surface area contributed by atoms with Crippen molar-refractivity contribution in [3.05, 3.63) is 36.2 Å². The lowest BCUT2D eigenvalue weighted by Gasteiger charge is -2.05. The van der Waals surface area contributed by atoms with Crippen molar-refractivity contribution in [2.45, 2.75) is 5.75 Å². The van der Waals surface area contributed by atoms with Crippen LogP contribution in [0, 0.1) is 6.26 Å². The fraction of sp³-hybridized carbons (Fsp3) is 0.308. The Kier molecular flexibility index (Phi) is 3.94. The molecule has 2 rings (SSSR count). The zero-order chi connectivity index (χ0) is 12.4. The number of hydrogen-bond donors (Lipinski definition) is 0. The normalized spacial score (nSPS) is 12.9. The minimum Gasteiger partial charge on any atom is -0.497 e. The van der Waals surface area contributed by atoms with Gasteiger partial charge >= 0.3 is 0 Å². The average Bonchev–Trinajstić information content (AvgIpc) is 2.68. The first-order valence-electron chi connectivity index (χ1n) is 5.30. The molecule has 1 aromatic carbocycles. The maximum atomic E-state index is 5.30. The van der Waals surface area contributed by atoms with Crippen molar-refractivity contribution in [2.24, 2.45) is 0 Å². The van der Waals surface area contributed by atoms with Crippen LogP contribution in [0.4, 0.5) is 0 Å². The second-order valence-corrected chi connectivity index (χ2v) is 6.36. The smallest absolute Gasteiger partial charge is 0.119 e. The van der Waals surface area contributed by atoms with Gasteiger partial charge in [0.05, 0.1) is 25.1 Å². The van der Waals surface area contributed by atoms with Gasteiger partial charge in [-0.1, -0.05) is 17.3 Å². The van der Waals surface area contributed by atoms with E-state index in [-0.39, 0.29) is 11.1 Å². The van der Waals surface area contributed by atoms with Gasteiger partial charge in [0, 0.05) is 11.1 Å². The highest BCUT2D eigenvalue weighted by Crippen LogP contribution is 2.29. The molecule has 0 N–H and O–H groups in total. The molecule has 0 aliphatic carbocycles. The first kappa shape index (κ1) is 12.7. The van der Waals surface area contributed by atoms with Gasteiger partial charge in [0.2, 0.25) is 0 Å². The van der Waals surface area contributed by atoms with Gasteiger partial charge in [-0.2, -0.15) is 11.8 Å². The van der Waals surface area contributed by atoms with Gasteiger partial charge in [0.25, 0.3) is 0 Å². The van der Waals surface area contributed by atoms with Crippen molar-refractivity contribution in [3.8, 4) is 5.75 Å². The van der Waals surface area contributed by atoms with Gasteiger partial charge in [-0.05, 0) is 30.0 Å². The minimum atomic E-state index is -0.0282. The van der Waals surface area contributed by atoms with Gasteiger partial charge < -0.3 is 4.74 Å². The second-order valence-electron chi connectivity index (χ2n) is 3.90. The summed E-state index contributed by atoms with van der Waals surface area (Å²) < 4.78 is 7.55. The molecule has 0 bridgehead atoms. The fourth-order valence-corrected chi connectivity index (χ4v) is 3.24. The molecule has 1 aromatic heterocycles. The largest absolute Gasteiger partial charge is 0.497 e. The van der Waals surface area contributed by atoms with Gasteiger partial charge in [0.1, 0.15) is 5.75 Å². The Morgan fingerprint density at radius 1 is 1.47 bits per heavy atom. The molecule has 2 nitrogen and oxygen atoms in total. The number of nitrogens with zero attached hydrogens (tertiary/aromatic N) is 1. The minimum absolute atomic E-state index is 0.0282. The number of thioether (sulfide) groups is 1. The molecule has 1 unspecified atom stereocenters. The molecule has 0 amide bonds. The second kappa shape index (κ2) is 5.27. The van der Waals surface area contributed by atoms with Crippen LogP contribution in [0.2, 0.25) is 0 Å². The number of methoxy groups -OCH3 is 1. The predicted octanol–water partition coefficient (Wildman–Crippen LogP) is 3.32. The molecule has 0 fully saturated rings. The quantitative estimate of drug-likeness (QED) is 0.623. The molecule has 0 aliphatic heterocycles. The molecule has 0 spiro atoms. The number of fused-ring (bicyclic) bond motifs is 1. The highest BCUT2D eigenvalue weighted by molar-refractivity contribution is 7.97. The van der Waals surface area contributed by atoms with Crippen LogP contribution in [-0.2, 0) is 16.8 Å². The van der Waals surface area contributed by atoms with Crippen molar-refractivity contribution in [1.29, 1.82) is 0 Å². The monoisotopic (exact) mass is 267 g/mol. The Morgan fingerprint density at radius 3 is 2.82 bits per heavy atom. The van der Waals surface area contributed by atoms with E-state index in [0.717, 1.165) is 11.5 Å². The van der Waals surface area contributed by atoms with Crippen molar-refractivity contribution in [2.75, 3.05) is 19.6 Å².